The van der Waals surface area contributed by atoms with Gasteiger partial charge in [0.1, 0.15) is 0 Å². The molecule has 0 amide bonds. The SMILES string of the molecule is CC1(C(N)C2CCOC3(CCSCC3)C2)CCCCO1. The zero-order valence-corrected chi connectivity index (χ0v) is 13.6. The van der Waals surface area contributed by atoms with Crippen LogP contribution in [0.3, 0.4) is 0 Å². The van der Waals surface area contributed by atoms with Crippen LogP contribution in [0.15, 0.2) is 0 Å². The molecular formula is C16H29NO2S. The van der Waals surface area contributed by atoms with Crippen LogP contribution in [0, 0.1) is 5.92 Å². The Balaban J connectivity index is 1.66. The molecule has 1 spiro atoms. The van der Waals surface area contributed by atoms with Crippen molar-refractivity contribution in [2.75, 3.05) is 24.7 Å². The van der Waals surface area contributed by atoms with Crippen molar-refractivity contribution in [3.8, 4) is 0 Å². The molecule has 20 heavy (non-hydrogen) atoms. The summed E-state index contributed by atoms with van der Waals surface area (Å²) in [6.07, 6.45) is 8.24. The van der Waals surface area contributed by atoms with Gasteiger partial charge in [-0.15, -0.1) is 0 Å². The summed E-state index contributed by atoms with van der Waals surface area (Å²) in [6.45, 7) is 4.00. The van der Waals surface area contributed by atoms with E-state index >= 15 is 0 Å². The minimum absolute atomic E-state index is 0.106. The molecule has 3 unspecified atom stereocenters. The van der Waals surface area contributed by atoms with Crippen LogP contribution >= 0.6 is 11.8 Å². The Kier molecular flexibility index (Phi) is 4.66. The summed E-state index contributed by atoms with van der Waals surface area (Å²) in [7, 11) is 0. The van der Waals surface area contributed by atoms with E-state index in [0.29, 0.717) is 5.92 Å². The van der Waals surface area contributed by atoms with Crippen LogP contribution in [-0.4, -0.2) is 42.0 Å². The fourth-order valence-corrected chi connectivity index (χ4v) is 5.42. The zero-order chi connectivity index (χ0) is 14.1. The average Bonchev–Trinajstić information content (AvgIpc) is 2.48. The first-order chi connectivity index (χ1) is 9.64. The first-order valence-electron chi connectivity index (χ1n) is 8.25. The molecule has 0 aromatic carbocycles. The number of hydrogen-bond donors (Lipinski definition) is 1. The number of thioether (sulfide) groups is 1. The summed E-state index contributed by atoms with van der Waals surface area (Å²) in [5.74, 6) is 3.06. The molecule has 116 valence electrons. The Bertz CT molecular complexity index is 306. The molecule has 2 N–H and O–H groups in total. The van der Waals surface area contributed by atoms with Gasteiger partial charge in [-0.1, -0.05) is 0 Å². The normalized spacial score (nSPS) is 39.6. The van der Waals surface area contributed by atoms with Gasteiger partial charge in [0, 0.05) is 19.3 Å². The summed E-state index contributed by atoms with van der Waals surface area (Å²) in [4.78, 5) is 0. The molecule has 0 aromatic rings. The predicted octanol–water partition coefficient (Wildman–Crippen LogP) is 2.97. The second kappa shape index (κ2) is 6.15. The highest BCUT2D eigenvalue weighted by Gasteiger charge is 2.45. The number of ether oxygens (including phenoxy) is 2. The molecule has 3 fully saturated rings. The molecule has 3 aliphatic rings. The molecule has 3 nitrogen and oxygen atoms in total. The maximum atomic E-state index is 6.66. The Morgan fingerprint density at radius 2 is 1.90 bits per heavy atom. The Morgan fingerprint density at radius 3 is 2.60 bits per heavy atom. The molecule has 3 aliphatic heterocycles. The third kappa shape index (κ3) is 3.03. The fraction of sp³-hybridized carbons (Fsp3) is 1.00. The lowest BCUT2D eigenvalue weighted by Crippen LogP contribution is -2.57. The first-order valence-corrected chi connectivity index (χ1v) is 9.40. The van der Waals surface area contributed by atoms with Crippen LogP contribution in [0.25, 0.3) is 0 Å². The summed E-state index contributed by atoms with van der Waals surface area (Å²) < 4.78 is 12.3. The minimum Gasteiger partial charge on any atom is -0.375 e. The Morgan fingerprint density at radius 1 is 1.10 bits per heavy atom. The van der Waals surface area contributed by atoms with E-state index < -0.39 is 0 Å². The van der Waals surface area contributed by atoms with Gasteiger partial charge in [0.15, 0.2) is 0 Å². The highest BCUT2D eigenvalue weighted by atomic mass is 32.2. The topological polar surface area (TPSA) is 44.5 Å². The van der Waals surface area contributed by atoms with Crippen molar-refractivity contribution in [3.05, 3.63) is 0 Å². The Labute approximate surface area is 127 Å². The van der Waals surface area contributed by atoms with E-state index in [1.807, 2.05) is 0 Å². The summed E-state index contributed by atoms with van der Waals surface area (Å²) in [6, 6.07) is 0.165. The van der Waals surface area contributed by atoms with Crippen molar-refractivity contribution in [1.82, 2.24) is 0 Å². The van der Waals surface area contributed by atoms with Crippen LogP contribution in [0.2, 0.25) is 0 Å². The highest BCUT2D eigenvalue weighted by molar-refractivity contribution is 7.99. The van der Waals surface area contributed by atoms with Gasteiger partial charge in [0.25, 0.3) is 0 Å². The second-order valence-corrected chi connectivity index (χ2v) is 8.27. The second-order valence-electron chi connectivity index (χ2n) is 7.04. The minimum atomic E-state index is -0.106. The summed E-state index contributed by atoms with van der Waals surface area (Å²) in [5, 5.41) is 0. The van der Waals surface area contributed by atoms with E-state index in [1.54, 1.807) is 0 Å². The van der Waals surface area contributed by atoms with E-state index in [9.17, 15) is 0 Å². The smallest absolute Gasteiger partial charge is 0.0807 e. The quantitative estimate of drug-likeness (QED) is 0.851. The highest BCUT2D eigenvalue weighted by Crippen LogP contribution is 2.43. The van der Waals surface area contributed by atoms with Gasteiger partial charge in [-0.2, -0.15) is 11.8 Å². The van der Waals surface area contributed by atoms with Gasteiger partial charge < -0.3 is 15.2 Å². The fourth-order valence-electron chi connectivity index (χ4n) is 4.18. The van der Waals surface area contributed by atoms with Crippen LogP contribution in [-0.2, 0) is 9.47 Å². The van der Waals surface area contributed by atoms with Gasteiger partial charge in [-0.3, -0.25) is 0 Å². The van der Waals surface area contributed by atoms with Crippen LogP contribution in [0.1, 0.15) is 51.9 Å². The molecule has 0 bridgehead atoms. The molecule has 0 saturated carbocycles. The molecule has 0 radical (unpaired) electrons. The molecule has 4 heteroatoms. The molecule has 0 aromatic heterocycles. The van der Waals surface area contributed by atoms with Gasteiger partial charge in [-0.05, 0) is 69.3 Å². The van der Waals surface area contributed by atoms with Crippen molar-refractivity contribution in [3.63, 3.8) is 0 Å². The number of rotatable bonds is 2. The molecule has 3 rings (SSSR count). The van der Waals surface area contributed by atoms with Gasteiger partial charge in [0.2, 0.25) is 0 Å². The van der Waals surface area contributed by atoms with Crippen molar-refractivity contribution >= 4 is 11.8 Å². The van der Waals surface area contributed by atoms with Crippen molar-refractivity contribution in [2.45, 2.75) is 69.1 Å². The predicted molar refractivity (Wildman–Crippen MR) is 84.1 cm³/mol. The van der Waals surface area contributed by atoms with Gasteiger partial charge >= 0.3 is 0 Å². The van der Waals surface area contributed by atoms with E-state index in [4.69, 9.17) is 15.2 Å². The third-order valence-corrected chi connectivity index (χ3v) is 6.63. The Hall–Kier alpha value is 0.230. The van der Waals surface area contributed by atoms with E-state index in [-0.39, 0.29) is 17.2 Å². The molecule has 3 atom stereocenters. The maximum absolute atomic E-state index is 6.66. The summed E-state index contributed by atoms with van der Waals surface area (Å²) in [5.41, 5.74) is 6.69. The van der Waals surface area contributed by atoms with Crippen molar-refractivity contribution in [2.24, 2.45) is 11.7 Å². The lowest BCUT2D eigenvalue weighted by atomic mass is 9.73. The van der Waals surface area contributed by atoms with Gasteiger partial charge in [0.05, 0.1) is 11.2 Å². The van der Waals surface area contributed by atoms with E-state index in [2.05, 4.69) is 18.7 Å². The zero-order valence-electron chi connectivity index (χ0n) is 12.7. The number of hydrogen-bond acceptors (Lipinski definition) is 4. The lowest BCUT2D eigenvalue weighted by molar-refractivity contribution is -0.137. The van der Waals surface area contributed by atoms with Crippen LogP contribution < -0.4 is 5.73 Å². The largest absolute Gasteiger partial charge is 0.375 e. The molecule has 3 saturated heterocycles. The van der Waals surface area contributed by atoms with E-state index in [1.165, 1.54) is 37.2 Å². The summed E-state index contributed by atoms with van der Waals surface area (Å²) >= 11 is 2.06. The van der Waals surface area contributed by atoms with E-state index in [0.717, 1.165) is 32.5 Å². The average molecular weight is 299 g/mol. The van der Waals surface area contributed by atoms with Crippen molar-refractivity contribution in [1.29, 1.82) is 0 Å². The molecular weight excluding hydrogens is 270 g/mol. The molecule has 3 heterocycles. The molecule has 0 aliphatic carbocycles. The lowest BCUT2D eigenvalue weighted by Gasteiger charge is -2.49. The first kappa shape index (κ1) is 15.1. The van der Waals surface area contributed by atoms with Crippen LogP contribution in [0.4, 0.5) is 0 Å². The standard InChI is InChI=1S/C16H29NO2S/c1-15(5-2-3-8-18-15)14(17)13-4-9-19-16(12-13)6-10-20-11-7-16/h13-14H,2-12,17H2,1H3. The van der Waals surface area contributed by atoms with Crippen molar-refractivity contribution < 1.29 is 9.47 Å². The monoisotopic (exact) mass is 299 g/mol. The third-order valence-electron chi connectivity index (χ3n) is 5.65. The maximum Gasteiger partial charge on any atom is 0.0807 e. The number of nitrogens with two attached hydrogens (primary N) is 1. The van der Waals surface area contributed by atoms with Gasteiger partial charge in [-0.25, -0.2) is 0 Å². The van der Waals surface area contributed by atoms with Crippen LogP contribution in [0.5, 0.6) is 0 Å².